The highest BCUT2D eigenvalue weighted by atomic mass is 32.1. The maximum absolute atomic E-state index is 12.9. The first-order valence-corrected chi connectivity index (χ1v) is 8.58. The molecule has 0 radical (unpaired) electrons. The first-order chi connectivity index (χ1) is 10.8. The lowest BCUT2D eigenvalue weighted by Gasteiger charge is -2.31. The van der Waals surface area contributed by atoms with Crippen LogP contribution < -0.4 is 5.32 Å². The van der Waals surface area contributed by atoms with E-state index in [2.05, 4.69) is 22.4 Å². The van der Waals surface area contributed by atoms with E-state index in [1.54, 1.807) is 17.5 Å². The molecule has 4 nitrogen and oxygen atoms in total. The van der Waals surface area contributed by atoms with Crippen LogP contribution in [-0.4, -0.2) is 28.9 Å². The van der Waals surface area contributed by atoms with Crippen LogP contribution in [0.5, 0.6) is 0 Å². The smallest absolute Gasteiger partial charge is 0.240 e. The molecule has 1 aromatic heterocycles. The van der Waals surface area contributed by atoms with Gasteiger partial charge in [0.15, 0.2) is 0 Å². The number of benzene rings is 1. The SMILES string of the molecule is CNC1CCCC(c2ccccc2)N(Cc2nccs2)C1=O. The molecule has 1 aliphatic rings. The van der Waals surface area contributed by atoms with Crippen LogP contribution >= 0.6 is 11.3 Å². The Balaban J connectivity index is 1.92. The molecule has 1 amide bonds. The first kappa shape index (κ1) is 15.2. The Kier molecular flexibility index (Phi) is 4.85. The number of carbonyl (C=O) groups excluding carboxylic acids is 1. The lowest BCUT2D eigenvalue weighted by Crippen LogP contribution is -2.44. The summed E-state index contributed by atoms with van der Waals surface area (Å²) in [6, 6.07) is 10.4. The second-order valence-electron chi connectivity index (χ2n) is 5.59. The monoisotopic (exact) mass is 315 g/mol. The van der Waals surface area contributed by atoms with E-state index in [0.29, 0.717) is 6.54 Å². The minimum atomic E-state index is -0.0892. The van der Waals surface area contributed by atoms with Crippen LogP contribution in [-0.2, 0) is 11.3 Å². The normalized spacial score (nSPS) is 22.6. The van der Waals surface area contributed by atoms with Crippen molar-refractivity contribution in [2.75, 3.05) is 7.05 Å². The molecule has 1 fully saturated rings. The second kappa shape index (κ2) is 7.03. The molecule has 0 aliphatic carbocycles. The van der Waals surface area contributed by atoms with Crippen molar-refractivity contribution in [1.82, 2.24) is 15.2 Å². The Morgan fingerprint density at radius 3 is 2.82 bits per heavy atom. The van der Waals surface area contributed by atoms with Crippen LogP contribution in [0.25, 0.3) is 0 Å². The minimum Gasteiger partial charge on any atom is -0.328 e. The fraction of sp³-hybridized carbons (Fsp3) is 0.412. The summed E-state index contributed by atoms with van der Waals surface area (Å²) in [5.74, 6) is 0.184. The molecule has 1 aromatic carbocycles. The van der Waals surface area contributed by atoms with E-state index < -0.39 is 0 Å². The number of aromatic nitrogens is 1. The Hall–Kier alpha value is -1.72. The fourth-order valence-electron chi connectivity index (χ4n) is 3.10. The third kappa shape index (κ3) is 3.20. The topological polar surface area (TPSA) is 45.2 Å². The van der Waals surface area contributed by atoms with Crippen molar-refractivity contribution in [3.63, 3.8) is 0 Å². The molecule has 2 atom stereocenters. The maximum Gasteiger partial charge on any atom is 0.240 e. The summed E-state index contributed by atoms with van der Waals surface area (Å²) in [6.07, 6.45) is 4.74. The van der Waals surface area contributed by atoms with E-state index in [4.69, 9.17) is 0 Å². The molecule has 2 unspecified atom stereocenters. The van der Waals surface area contributed by atoms with Crippen molar-refractivity contribution in [3.8, 4) is 0 Å². The van der Waals surface area contributed by atoms with E-state index in [1.165, 1.54) is 5.56 Å². The van der Waals surface area contributed by atoms with E-state index >= 15 is 0 Å². The van der Waals surface area contributed by atoms with Crippen molar-refractivity contribution in [2.24, 2.45) is 0 Å². The van der Waals surface area contributed by atoms with Gasteiger partial charge in [0.25, 0.3) is 0 Å². The average molecular weight is 315 g/mol. The number of hydrogen-bond acceptors (Lipinski definition) is 4. The zero-order valence-corrected chi connectivity index (χ0v) is 13.6. The molecule has 116 valence electrons. The number of nitrogens with zero attached hydrogens (tertiary/aromatic N) is 2. The van der Waals surface area contributed by atoms with Gasteiger partial charge in [0.1, 0.15) is 5.01 Å². The maximum atomic E-state index is 12.9. The molecule has 5 heteroatoms. The van der Waals surface area contributed by atoms with Crippen LogP contribution in [0.15, 0.2) is 41.9 Å². The van der Waals surface area contributed by atoms with Crippen molar-refractivity contribution in [2.45, 2.75) is 37.9 Å². The summed E-state index contributed by atoms with van der Waals surface area (Å²) < 4.78 is 0. The van der Waals surface area contributed by atoms with Gasteiger partial charge in [0, 0.05) is 11.6 Å². The zero-order valence-electron chi connectivity index (χ0n) is 12.7. The Morgan fingerprint density at radius 1 is 1.32 bits per heavy atom. The summed E-state index contributed by atoms with van der Waals surface area (Å²) in [5.41, 5.74) is 1.21. The summed E-state index contributed by atoms with van der Waals surface area (Å²) in [4.78, 5) is 19.3. The molecule has 1 N–H and O–H groups in total. The van der Waals surface area contributed by atoms with E-state index in [-0.39, 0.29) is 18.0 Å². The van der Waals surface area contributed by atoms with Gasteiger partial charge in [-0.3, -0.25) is 4.79 Å². The summed E-state index contributed by atoms with van der Waals surface area (Å²) in [7, 11) is 1.87. The minimum absolute atomic E-state index is 0.0892. The summed E-state index contributed by atoms with van der Waals surface area (Å²) in [6.45, 7) is 0.592. The predicted molar refractivity (Wildman–Crippen MR) is 88.5 cm³/mol. The molecule has 1 aliphatic heterocycles. The highest BCUT2D eigenvalue weighted by Gasteiger charge is 2.33. The fourth-order valence-corrected chi connectivity index (χ4v) is 3.72. The van der Waals surface area contributed by atoms with E-state index in [1.807, 2.05) is 35.5 Å². The van der Waals surface area contributed by atoms with Crippen molar-refractivity contribution in [1.29, 1.82) is 0 Å². The van der Waals surface area contributed by atoms with Crippen LogP contribution in [0.2, 0.25) is 0 Å². The molecule has 0 saturated carbocycles. The van der Waals surface area contributed by atoms with Crippen LogP contribution in [0, 0.1) is 0 Å². The van der Waals surface area contributed by atoms with Gasteiger partial charge in [-0.1, -0.05) is 30.3 Å². The number of carbonyl (C=O) groups is 1. The van der Waals surface area contributed by atoms with Gasteiger partial charge in [-0.2, -0.15) is 0 Å². The predicted octanol–water partition coefficient (Wildman–Crippen LogP) is 2.98. The number of rotatable bonds is 4. The molecule has 2 aromatic rings. The van der Waals surface area contributed by atoms with Gasteiger partial charge >= 0.3 is 0 Å². The number of amides is 1. The highest BCUT2D eigenvalue weighted by molar-refractivity contribution is 7.09. The average Bonchev–Trinajstić information content (AvgIpc) is 3.01. The lowest BCUT2D eigenvalue weighted by atomic mass is 10.0. The van der Waals surface area contributed by atoms with Crippen molar-refractivity contribution in [3.05, 3.63) is 52.5 Å². The second-order valence-corrected chi connectivity index (χ2v) is 6.57. The van der Waals surface area contributed by atoms with Gasteiger partial charge < -0.3 is 10.2 Å². The van der Waals surface area contributed by atoms with E-state index in [0.717, 1.165) is 24.3 Å². The molecule has 3 rings (SSSR count). The van der Waals surface area contributed by atoms with Crippen molar-refractivity contribution < 1.29 is 4.79 Å². The third-order valence-corrected chi connectivity index (χ3v) is 5.01. The van der Waals surface area contributed by atoms with Crippen molar-refractivity contribution >= 4 is 17.2 Å². The quantitative estimate of drug-likeness (QED) is 0.943. The third-order valence-electron chi connectivity index (χ3n) is 4.25. The van der Waals surface area contributed by atoms with Gasteiger partial charge in [-0.05, 0) is 31.9 Å². The van der Waals surface area contributed by atoms with Gasteiger partial charge in [0.05, 0.1) is 18.6 Å². The van der Waals surface area contributed by atoms with Crippen LogP contribution in [0.3, 0.4) is 0 Å². The first-order valence-electron chi connectivity index (χ1n) is 7.70. The molecule has 1 saturated heterocycles. The molecule has 22 heavy (non-hydrogen) atoms. The van der Waals surface area contributed by atoms with Crippen LogP contribution in [0.1, 0.15) is 35.9 Å². The Bertz CT molecular complexity index is 600. The molecule has 0 bridgehead atoms. The van der Waals surface area contributed by atoms with Gasteiger partial charge in [-0.25, -0.2) is 4.98 Å². The highest BCUT2D eigenvalue weighted by Crippen LogP contribution is 2.32. The number of thiazole rings is 1. The molecular formula is C17H21N3OS. The van der Waals surface area contributed by atoms with E-state index in [9.17, 15) is 4.79 Å². The lowest BCUT2D eigenvalue weighted by molar-refractivity contribution is -0.135. The largest absolute Gasteiger partial charge is 0.328 e. The Morgan fingerprint density at radius 2 is 2.14 bits per heavy atom. The number of likely N-dealkylation sites (N-methyl/N-ethyl adjacent to an activating group) is 1. The number of likely N-dealkylation sites (tertiary alicyclic amines) is 1. The Labute approximate surface area is 135 Å². The molecule has 0 spiro atoms. The number of hydrogen-bond donors (Lipinski definition) is 1. The standard InChI is InChI=1S/C17H21N3OS/c1-18-14-8-5-9-15(13-6-3-2-4-7-13)20(17(14)21)12-16-19-10-11-22-16/h2-4,6-7,10-11,14-15,18H,5,8-9,12H2,1H3. The zero-order chi connectivity index (χ0) is 15.4. The summed E-state index contributed by atoms with van der Waals surface area (Å²) in [5, 5.41) is 6.12. The molecule has 2 heterocycles. The summed E-state index contributed by atoms with van der Waals surface area (Å²) >= 11 is 1.61. The van der Waals surface area contributed by atoms with Gasteiger partial charge in [0.2, 0.25) is 5.91 Å². The number of nitrogens with one attached hydrogen (secondary N) is 1. The molecular weight excluding hydrogens is 294 g/mol. The van der Waals surface area contributed by atoms with Crippen LogP contribution in [0.4, 0.5) is 0 Å². The van der Waals surface area contributed by atoms with Gasteiger partial charge in [-0.15, -0.1) is 11.3 Å².